The third kappa shape index (κ3) is 3.05. The maximum atomic E-state index is 12.8. The Balaban J connectivity index is 1.52. The first-order valence-corrected chi connectivity index (χ1v) is 9.59. The number of rotatable bonds is 3. The molecule has 1 aliphatic rings. The predicted octanol–water partition coefficient (Wildman–Crippen LogP) is 2.00. The van der Waals surface area contributed by atoms with Gasteiger partial charge in [0, 0.05) is 55.8 Å². The Labute approximate surface area is 154 Å². The summed E-state index contributed by atoms with van der Waals surface area (Å²) in [5, 5.41) is 0.685. The molecule has 1 atom stereocenters. The lowest BCUT2D eigenvalue weighted by Gasteiger charge is -2.22. The number of imidazole rings is 1. The van der Waals surface area contributed by atoms with Crippen molar-refractivity contribution in [3.05, 3.63) is 45.8 Å². The lowest BCUT2D eigenvalue weighted by Crippen LogP contribution is -2.35. The highest BCUT2D eigenvalue weighted by atomic mass is 32.1. The second-order valence-corrected chi connectivity index (χ2v) is 7.99. The first-order valence-electron chi connectivity index (χ1n) is 8.78. The Bertz CT molecular complexity index is 1000. The number of amides is 1. The first-order chi connectivity index (χ1) is 12.5. The standard InChI is InChI=1S/C18H21N5O2S/c1-12(22-6-4-19-11-22)9-16(24)21-5-3-15-20-17-14(10-13(2)26-17)18(25)23(15)8-7-21/h4,6,10-12H,3,5,7-9H2,1-2H3/t12-/m1/s1. The summed E-state index contributed by atoms with van der Waals surface area (Å²) in [5.41, 5.74) is 0.00966. The van der Waals surface area contributed by atoms with Crippen molar-refractivity contribution in [1.82, 2.24) is 24.0 Å². The van der Waals surface area contributed by atoms with Crippen LogP contribution in [-0.2, 0) is 17.8 Å². The highest BCUT2D eigenvalue weighted by Gasteiger charge is 2.23. The number of hydrogen-bond acceptors (Lipinski definition) is 5. The van der Waals surface area contributed by atoms with Gasteiger partial charge in [-0.1, -0.05) is 0 Å². The first kappa shape index (κ1) is 17.0. The smallest absolute Gasteiger partial charge is 0.262 e. The van der Waals surface area contributed by atoms with Crippen LogP contribution in [-0.4, -0.2) is 43.0 Å². The van der Waals surface area contributed by atoms with E-state index in [1.165, 1.54) is 0 Å². The lowest BCUT2D eigenvalue weighted by molar-refractivity contribution is -0.131. The van der Waals surface area contributed by atoms with Crippen LogP contribution in [0, 0.1) is 6.92 Å². The van der Waals surface area contributed by atoms with E-state index in [-0.39, 0.29) is 17.5 Å². The minimum atomic E-state index is 0.00966. The molecule has 7 nitrogen and oxygen atoms in total. The molecule has 0 saturated carbocycles. The average Bonchev–Trinajstić information content (AvgIpc) is 3.21. The van der Waals surface area contributed by atoms with Crippen molar-refractivity contribution in [2.45, 2.75) is 39.3 Å². The molecule has 0 aromatic carbocycles. The molecule has 4 rings (SSSR count). The summed E-state index contributed by atoms with van der Waals surface area (Å²) in [6.07, 6.45) is 6.34. The molecular weight excluding hydrogens is 350 g/mol. The highest BCUT2D eigenvalue weighted by molar-refractivity contribution is 7.18. The zero-order valence-electron chi connectivity index (χ0n) is 14.9. The Kier molecular flexibility index (Phi) is 4.36. The van der Waals surface area contributed by atoms with E-state index in [4.69, 9.17) is 0 Å². The highest BCUT2D eigenvalue weighted by Crippen LogP contribution is 2.21. The third-order valence-electron chi connectivity index (χ3n) is 4.91. The second-order valence-electron chi connectivity index (χ2n) is 6.75. The number of fused-ring (bicyclic) bond motifs is 2. The fraction of sp³-hybridized carbons (Fsp3) is 0.444. The lowest BCUT2D eigenvalue weighted by atomic mass is 10.2. The third-order valence-corrected chi connectivity index (χ3v) is 5.85. The van der Waals surface area contributed by atoms with E-state index in [0.29, 0.717) is 37.9 Å². The van der Waals surface area contributed by atoms with Crippen molar-refractivity contribution in [3.63, 3.8) is 0 Å². The molecule has 0 unspecified atom stereocenters. The molecule has 4 heterocycles. The molecule has 136 valence electrons. The molecule has 26 heavy (non-hydrogen) atoms. The van der Waals surface area contributed by atoms with E-state index in [2.05, 4.69) is 9.97 Å². The monoisotopic (exact) mass is 371 g/mol. The molecule has 0 fully saturated rings. The normalized spacial score (nSPS) is 15.7. The van der Waals surface area contributed by atoms with Crippen LogP contribution in [0.5, 0.6) is 0 Å². The van der Waals surface area contributed by atoms with Gasteiger partial charge in [0.15, 0.2) is 0 Å². The zero-order valence-corrected chi connectivity index (χ0v) is 15.7. The Morgan fingerprint density at radius 2 is 2.19 bits per heavy atom. The Morgan fingerprint density at radius 3 is 2.96 bits per heavy atom. The molecule has 8 heteroatoms. The Morgan fingerprint density at radius 1 is 1.35 bits per heavy atom. The van der Waals surface area contributed by atoms with Crippen molar-refractivity contribution in [3.8, 4) is 0 Å². The summed E-state index contributed by atoms with van der Waals surface area (Å²) in [6, 6.07) is 1.97. The minimum Gasteiger partial charge on any atom is -0.340 e. The summed E-state index contributed by atoms with van der Waals surface area (Å²) >= 11 is 1.55. The van der Waals surface area contributed by atoms with Gasteiger partial charge in [-0.15, -0.1) is 11.3 Å². The molecule has 0 spiro atoms. The summed E-state index contributed by atoms with van der Waals surface area (Å²) in [5.74, 6) is 0.881. The van der Waals surface area contributed by atoms with Crippen molar-refractivity contribution >= 4 is 27.5 Å². The zero-order chi connectivity index (χ0) is 18.3. The van der Waals surface area contributed by atoms with Gasteiger partial charge in [-0.05, 0) is 19.9 Å². The van der Waals surface area contributed by atoms with Gasteiger partial charge in [0.1, 0.15) is 10.7 Å². The quantitative estimate of drug-likeness (QED) is 0.706. The van der Waals surface area contributed by atoms with Gasteiger partial charge in [0.05, 0.1) is 11.7 Å². The van der Waals surface area contributed by atoms with Crippen LogP contribution in [0.25, 0.3) is 10.2 Å². The number of nitrogens with zero attached hydrogens (tertiary/aromatic N) is 5. The molecular formula is C18H21N5O2S. The van der Waals surface area contributed by atoms with E-state index in [9.17, 15) is 9.59 Å². The van der Waals surface area contributed by atoms with Crippen molar-refractivity contribution in [2.24, 2.45) is 0 Å². The van der Waals surface area contributed by atoms with E-state index in [0.717, 1.165) is 15.5 Å². The number of carbonyl (C=O) groups is 1. The summed E-state index contributed by atoms with van der Waals surface area (Å²) in [7, 11) is 0. The minimum absolute atomic E-state index is 0.00966. The average molecular weight is 371 g/mol. The van der Waals surface area contributed by atoms with Crippen LogP contribution in [0.15, 0.2) is 29.6 Å². The van der Waals surface area contributed by atoms with Gasteiger partial charge in [-0.2, -0.15) is 0 Å². The molecule has 3 aromatic rings. The second kappa shape index (κ2) is 6.68. The Hall–Kier alpha value is -2.48. The molecule has 0 radical (unpaired) electrons. The maximum Gasteiger partial charge on any atom is 0.262 e. The molecule has 0 N–H and O–H groups in total. The summed E-state index contributed by atoms with van der Waals surface area (Å²) in [4.78, 5) is 37.9. The molecule has 1 aliphatic heterocycles. The van der Waals surface area contributed by atoms with Gasteiger partial charge in [-0.3, -0.25) is 14.2 Å². The fourth-order valence-corrected chi connectivity index (χ4v) is 4.32. The van der Waals surface area contributed by atoms with E-state index in [1.54, 1.807) is 28.4 Å². The van der Waals surface area contributed by atoms with Gasteiger partial charge in [-0.25, -0.2) is 9.97 Å². The number of thiophene rings is 1. The largest absolute Gasteiger partial charge is 0.340 e. The number of hydrogen-bond donors (Lipinski definition) is 0. The van der Waals surface area contributed by atoms with E-state index < -0.39 is 0 Å². The van der Waals surface area contributed by atoms with Gasteiger partial charge < -0.3 is 9.47 Å². The number of carbonyl (C=O) groups excluding carboxylic acids is 1. The summed E-state index contributed by atoms with van der Waals surface area (Å²) < 4.78 is 3.67. The van der Waals surface area contributed by atoms with Crippen molar-refractivity contribution in [2.75, 3.05) is 13.1 Å². The molecule has 3 aromatic heterocycles. The topological polar surface area (TPSA) is 73.0 Å². The van der Waals surface area contributed by atoms with Crippen molar-refractivity contribution < 1.29 is 4.79 Å². The van der Waals surface area contributed by atoms with Gasteiger partial charge in [0.25, 0.3) is 5.56 Å². The van der Waals surface area contributed by atoms with E-state index >= 15 is 0 Å². The fourth-order valence-electron chi connectivity index (χ4n) is 3.43. The SMILES string of the molecule is Cc1cc2c(=O)n3c(nc2s1)CCN(C(=O)C[C@@H](C)n1ccnc1)CC3. The van der Waals surface area contributed by atoms with Gasteiger partial charge >= 0.3 is 0 Å². The molecule has 0 saturated heterocycles. The van der Waals surface area contributed by atoms with Crippen molar-refractivity contribution in [1.29, 1.82) is 0 Å². The predicted molar refractivity (Wildman–Crippen MR) is 100 cm³/mol. The maximum absolute atomic E-state index is 12.8. The van der Waals surface area contributed by atoms with Crippen LogP contribution < -0.4 is 5.56 Å². The number of aromatic nitrogens is 4. The van der Waals surface area contributed by atoms with Crippen LogP contribution in [0.3, 0.4) is 0 Å². The van der Waals surface area contributed by atoms with Gasteiger partial charge in [0.2, 0.25) is 5.91 Å². The van der Waals surface area contributed by atoms with Crippen LogP contribution in [0.4, 0.5) is 0 Å². The molecule has 0 bridgehead atoms. The van der Waals surface area contributed by atoms with Crippen LogP contribution in [0.2, 0.25) is 0 Å². The van der Waals surface area contributed by atoms with Crippen LogP contribution >= 0.6 is 11.3 Å². The molecule has 1 amide bonds. The van der Waals surface area contributed by atoms with E-state index in [1.807, 2.05) is 35.6 Å². The van der Waals surface area contributed by atoms with Crippen LogP contribution in [0.1, 0.15) is 30.1 Å². The number of aryl methyl sites for hydroxylation is 1. The summed E-state index contributed by atoms with van der Waals surface area (Å²) in [6.45, 7) is 5.63. The molecule has 0 aliphatic carbocycles.